The normalized spacial score (nSPS) is 21.2. The topological polar surface area (TPSA) is 49.6 Å². The van der Waals surface area contributed by atoms with Crippen molar-refractivity contribution in [3.05, 3.63) is 17.0 Å². The first-order valence-corrected chi connectivity index (χ1v) is 8.73. The minimum atomic E-state index is 0.209. The van der Waals surface area contributed by atoms with Crippen LogP contribution in [0.15, 0.2) is 10.6 Å². The van der Waals surface area contributed by atoms with Crippen LogP contribution in [-0.2, 0) is 11.2 Å². The average Bonchev–Trinajstić information content (AvgIpc) is 3.12. The SMILES string of the molecule is O=C(CCc1cc(Cl)no1)N1CCCN(C2CCCC2)CC1. The van der Waals surface area contributed by atoms with Crippen molar-refractivity contribution < 1.29 is 9.32 Å². The van der Waals surface area contributed by atoms with E-state index in [1.807, 2.05) is 4.90 Å². The quantitative estimate of drug-likeness (QED) is 0.854. The second kappa shape index (κ2) is 7.47. The third-order valence-electron chi connectivity index (χ3n) is 4.84. The molecular formula is C16H24ClN3O2. The lowest BCUT2D eigenvalue weighted by Crippen LogP contribution is -2.38. The van der Waals surface area contributed by atoms with Crippen molar-refractivity contribution in [3.63, 3.8) is 0 Å². The van der Waals surface area contributed by atoms with Crippen LogP contribution >= 0.6 is 11.6 Å². The van der Waals surface area contributed by atoms with Crippen LogP contribution in [0.4, 0.5) is 0 Å². The molecule has 1 amide bonds. The first-order valence-electron chi connectivity index (χ1n) is 8.35. The Bertz CT molecular complexity index is 499. The Labute approximate surface area is 136 Å². The standard InChI is InChI=1S/C16H24ClN3O2/c17-15-12-14(22-18-15)6-7-16(21)20-9-3-8-19(10-11-20)13-4-1-2-5-13/h12-13H,1-11H2. The van der Waals surface area contributed by atoms with Gasteiger partial charge in [-0.05, 0) is 19.3 Å². The minimum absolute atomic E-state index is 0.209. The molecule has 1 aliphatic carbocycles. The highest BCUT2D eigenvalue weighted by Gasteiger charge is 2.26. The van der Waals surface area contributed by atoms with Gasteiger partial charge in [-0.3, -0.25) is 9.69 Å². The van der Waals surface area contributed by atoms with Crippen LogP contribution in [0.2, 0.25) is 5.15 Å². The minimum Gasteiger partial charge on any atom is -0.360 e. The third kappa shape index (κ3) is 4.02. The summed E-state index contributed by atoms with van der Waals surface area (Å²) in [7, 11) is 0. The zero-order chi connectivity index (χ0) is 15.4. The van der Waals surface area contributed by atoms with E-state index >= 15 is 0 Å². The molecule has 2 fully saturated rings. The van der Waals surface area contributed by atoms with Gasteiger partial charge in [-0.1, -0.05) is 29.6 Å². The Kier molecular flexibility index (Phi) is 5.37. The molecule has 1 saturated heterocycles. The van der Waals surface area contributed by atoms with E-state index in [1.54, 1.807) is 6.07 Å². The van der Waals surface area contributed by atoms with Crippen LogP contribution in [0.3, 0.4) is 0 Å². The summed E-state index contributed by atoms with van der Waals surface area (Å²) in [5.41, 5.74) is 0. The molecule has 1 aromatic heterocycles. The van der Waals surface area contributed by atoms with Crippen molar-refractivity contribution in [2.75, 3.05) is 26.2 Å². The zero-order valence-electron chi connectivity index (χ0n) is 13.0. The van der Waals surface area contributed by atoms with Crippen LogP contribution in [0, 0.1) is 0 Å². The van der Waals surface area contributed by atoms with E-state index < -0.39 is 0 Å². The van der Waals surface area contributed by atoms with E-state index in [9.17, 15) is 4.79 Å². The number of nitrogens with zero attached hydrogens (tertiary/aromatic N) is 3. The maximum Gasteiger partial charge on any atom is 0.223 e. The Balaban J connectivity index is 1.46. The summed E-state index contributed by atoms with van der Waals surface area (Å²) in [6.07, 6.45) is 7.51. The molecule has 6 heteroatoms. The Morgan fingerprint density at radius 2 is 2.05 bits per heavy atom. The number of carbonyl (C=O) groups excluding carboxylic acids is 1. The van der Waals surface area contributed by atoms with Gasteiger partial charge in [0.05, 0.1) is 0 Å². The van der Waals surface area contributed by atoms with Gasteiger partial charge in [0.2, 0.25) is 5.91 Å². The number of aryl methyl sites for hydroxylation is 1. The fraction of sp³-hybridized carbons (Fsp3) is 0.750. The number of hydrogen-bond donors (Lipinski definition) is 0. The molecule has 0 N–H and O–H groups in total. The largest absolute Gasteiger partial charge is 0.360 e. The molecule has 3 rings (SSSR count). The Morgan fingerprint density at radius 1 is 1.23 bits per heavy atom. The first kappa shape index (κ1) is 15.8. The number of halogens is 1. The Morgan fingerprint density at radius 3 is 2.77 bits per heavy atom. The smallest absolute Gasteiger partial charge is 0.223 e. The molecule has 0 spiro atoms. The highest BCUT2D eigenvalue weighted by atomic mass is 35.5. The molecule has 0 unspecified atom stereocenters. The molecule has 122 valence electrons. The fourth-order valence-electron chi connectivity index (χ4n) is 3.62. The van der Waals surface area contributed by atoms with E-state index in [0.717, 1.165) is 38.6 Å². The van der Waals surface area contributed by atoms with Crippen molar-refractivity contribution >= 4 is 17.5 Å². The fourth-order valence-corrected chi connectivity index (χ4v) is 3.77. The van der Waals surface area contributed by atoms with Gasteiger partial charge in [-0.2, -0.15) is 0 Å². The molecular weight excluding hydrogens is 302 g/mol. The summed E-state index contributed by atoms with van der Waals surface area (Å²) in [6, 6.07) is 2.44. The molecule has 0 atom stereocenters. The van der Waals surface area contributed by atoms with Gasteiger partial charge in [-0.15, -0.1) is 0 Å². The van der Waals surface area contributed by atoms with Gasteiger partial charge in [0, 0.05) is 51.1 Å². The molecule has 0 aromatic carbocycles. The van der Waals surface area contributed by atoms with Crippen LogP contribution < -0.4 is 0 Å². The van der Waals surface area contributed by atoms with Crippen molar-refractivity contribution in [3.8, 4) is 0 Å². The lowest BCUT2D eigenvalue weighted by Gasteiger charge is -2.27. The van der Waals surface area contributed by atoms with Gasteiger partial charge in [0.25, 0.3) is 0 Å². The van der Waals surface area contributed by atoms with Crippen molar-refractivity contribution in [2.45, 2.75) is 51.0 Å². The van der Waals surface area contributed by atoms with Crippen molar-refractivity contribution in [2.24, 2.45) is 0 Å². The summed E-state index contributed by atoms with van der Waals surface area (Å²) in [4.78, 5) is 17.0. The summed E-state index contributed by atoms with van der Waals surface area (Å²) in [5.74, 6) is 0.890. The molecule has 5 nitrogen and oxygen atoms in total. The molecule has 0 bridgehead atoms. The molecule has 1 aromatic rings. The van der Waals surface area contributed by atoms with E-state index in [4.69, 9.17) is 16.1 Å². The van der Waals surface area contributed by atoms with Crippen LogP contribution in [-0.4, -0.2) is 53.1 Å². The number of amides is 1. The number of aromatic nitrogens is 1. The van der Waals surface area contributed by atoms with E-state index in [0.29, 0.717) is 23.8 Å². The lowest BCUT2D eigenvalue weighted by atomic mass is 10.2. The van der Waals surface area contributed by atoms with E-state index in [1.165, 1.54) is 25.7 Å². The Hall–Kier alpha value is -1.07. The third-order valence-corrected chi connectivity index (χ3v) is 5.02. The summed E-state index contributed by atoms with van der Waals surface area (Å²) < 4.78 is 5.05. The first-order chi connectivity index (χ1) is 10.7. The van der Waals surface area contributed by atoms with Crippen molar-refractivity contribution in [1.82, 2.24) is 15.0 Å². The molecule has 2 aliphatic rings. The van der Waals surface area contributed by atoms with Gasteiger partial charge in [-0.25, -0.2) is 0 Å². The summed E-state index contributed by atoms with van der Waals surface area (Å²) in [5, 5.41) is 3.99. The van der Waals surface area contributed by atoms with E-state index in [2.05, 4.69) is 10.1 Å². The maximum absolute atomic E-state index is 12.4. The number of carbonyl (C=O) groups is 1. The molecule has 1 saturated carbocycles. The van der Waals surface area contributed by atoms with Crippen LogP contribution in [0.1, 0.15) is 44.3 Å². The number of rotatable bonds is 4. The molecule has 0 radical (unpaired) electrons. The lowest BCUT2D eigenvalue weighted by molar-refractivity contribution is -0.131. The highest BCUT2D eigenvalue weighted by molar-refractivity contribution is 6.29. The van der Waals surface area contributed by atoms with Gasteiger partial charge in [0.1, 0.15) is 5.76 Å². The molecule has 2 heterocycles. The second-order valence-electron chi connectivity index (χ2n) is 6.32. The predicted octanol–water partition coefficient (Wildman–Crippen LogP) is 2.74. The average molecular weight is 326 g/mol. The van der Waals surface area contributed by atoms with Gasteiger partial charge in [0.15, 0.2) is 5.15 Å². The zero-order valence-corrected chi connectivity index (χ0v) is 13.7. The summed E-state index contributed by atoms with van der Waals surface area (Å²) >= 11 is 5.72. The second-order valence-corrected chi connectivity index (χ2v) is 6.71. The van der Waals surface area contributed by atoms with Crippen LogP contribution in [0.25, 0.3) is 0 Å². The van der Waals surface area contributed by atoms with Gasteiger partial charge >= 0.3 is 0 Å². The maximum atomic E-state index is 12.4. The van der Waals surface area contributed by atoms with Crippen molar-refractivity contribution in [1.29, 1.82) is 0 Å². The summed E-state index contributed by atoms with van der Waals surface area (Å²) in [6.45, 7) is 3.88. The number of hydrogen-bond acceptors (Lipinski definition) is 4. The van der Waals surface area contributed by atoms with Crippen LogP contribution in [0.5, 0.6) is 0 Å². The predicted molar refractivity (Wildman–Crippen MR) is 84.9 cm³/mol. The monoisotopic (exact) mass is 325 g/mol. The van der Waals surface area contributed by atoms with Gasteiger partial charge < -0.3 is 9.42 Å². The molecule has 22 heavy (non-hydrogen) atoms. The highest BCUT2D eigenvalue weighted by Crippen LogP contribution is 2.24. The van der Waals surface area contributed by atoms with E-state index in [-0.39, 0.29) is 5.91 Å². The molecule has 1 aliphatic heterocycles.